The van der Waals surface area contributed by atoms with Crippen LogP contribution in [0.25, 0.3) is 0 Å². The van der Waals surface area contributed by atoms with E-state index in [4.69, 9.17) is 5.73 Å². The molecule has 0 saturated carbocycles. The van der Waals surface area contributed by atoms with Gasteiger partial charge in [0.15, 0.2) is 0 Å². The maximum Gasteiger partial charge on any atom is 0.206 e. The minimum atomic E-state index is -3.43. The molecule has 3 nitrogen and oxygen atoms in total. The molecule has 0 aliphatic heterocycles. The first-order valence-corrected chi connectivity index (χ1v) is 9.24. The molecule has 0 aromatic heterocycles. The molecule has 4 heteroatoms. The Bertz CT molecular complexity index is 754. The summed E-state index contributed by atoms with van der Waals surface area (Å²) in [5.74, 6) is 0.474. The average molecular weight is 315 g/mol. The zero-order valence-corrected chi connectivity index (χ0v) is 13.4. The minimum absolute atomic E-state index is 0.351. The number of rotatable bonds is 4. The van der Waals surface area contributed by atoms with Gasteiger partial charge in [-0.05, 0) is 73.5 Å². The third-order valence-corrected chi connectivity index (χ3v) is 6.20. The van der Waals surface area contributed by atoms with Crippen molar-refractivity contribution in [2.75, 3.05) is 6.54 Å². The second-order valence-corrected chi connectivity index (χ2v) is 7.79. The summed E-state index contributed by atoms with van der Waals surface area (Å²) in [6.07, 6.45) is 4.17. The van der Waals surface area contributed by atoms with Gasteiger partial charge in [0.2, 0.25) is 9.84 Å². The zero-order chi connectivity index (χ0) is 15.6. The van der Waals surface area contributed by atoms with Gasteiger partial charge >= 0.3 is 0 Å². The van der Waals surface area contributed by atoms with Crippen LogP contribution in [0.3, 0.4) is 0 Å². The van der Waals surface area contributed by atoms with Crippen molar-refractivity contribution < 1.29 is 8.42 Å². The second-order valence-electron chi connectivity index (χ2n) is 5.84. The number of hydrogen-bond acceptors (Lipinski definition) is 3. The Morgan fingerprint density at radius 1 is 1.05 bits per heavy atom. The molecule has 2 N–H and O–H groups in total. The molecule has 0 heterocycles. The highest BCUT2D eigenvalue weighted by atomic mass is 32.2. The van der Waals surface area contributed by atoms with E-state index >= 15 is 0 Å². The summed E-state index contributed by atoms with van der Waals surface area (Å²) in [4.78, 5) is 0.745. The molecule has 0 radical (unpaired) electrons. The topological polar surface area (TPSA) is 60.2 Å². The lowest BCUT2D eigenvalue weighted by Crippen LogP contribution is -2.14. The van der Waals surface area contributed by atoms with Gasteiger partial charge in [-0.3, -0.25) is 0 Å². The Morgan fingerprint density at radius 3 is 2.55 bits per heavy atom. The highest BCUT2D eigenvalue weighted by molar-refractivity contribution is 7.91. The van der Waals surface area contributed by atoms with Crippen LogP contribution in [0.5, 0.6) is 0 Å². The molecular weight excluding hydrogens is 294 g/mol. The molecule has 1 atom stereocenters. The lowest BCUT2D eigenvalue weighted by Gasteiger charge is -2.25. The average Bonchev–Trinajstić information content (AvgIpc) is 2.56. The van der Waals surface area contributed by atoms with Gasteiger partial charge in [-0.15, -0.1) is 0 Å². The molecule has 0 amide bonds. The van der Waals surface area contributed by atoms with Crippen LogP contribution in [0.4, 0.5) is 0 Å². The molecule has 116 valence electrons. The van der Waals surface area contributed by atoms with E-state index in [9.17, 15) is 8.42 Å². The lowest BCUT2D eigenvalue weighted by molar-refractivity contribution is 0.524. The molecule has 2 aromatic rings. The molecule has 2 aromatic carbocycles. The van der Waals surface area contributed by atoms with E-state index in [2.05, 4.69) is 0 Å². The van der Waals surface area contributed by atoms with Crippen molar-refractivity contribution in [3.05, 3.63) is 59.7 Å². The zero-order valence-electron chi connectivity index (χ0n) is 12.5. The van der Waals surface area contributed by atoms with Crippen LogP contribution >= 0.6 is 0 Å². The van der Waals surface area contributed by atoms with Crippen molar-refractivity contribution in [2.24, 2.45) is 5.73 Å². The number of fused-ring (bicyclic) bond motifs is 1. The van der Waals surface area contributed by atoms with Gasteiger partial charge in [-0.2, -0.15) is 0 Å². The number of aryl methyl sites for hydroxylation is 1. The van der Waals surface area contributed by atoms with Crippen LogP contribution in [0.2, 0.25) is 0 Å². The van der Waals surface area contributed by atoms with Crippen molar-refractivity contribution in [2.45, 2.75) is 41.4 Å². The molecule has 0 unspecified atom stereocenters. The van der Waals surface area contributed by atoms with Gasteiger partial charge < -0.3 is 5.73 Å². The normalized spacial score (nSPS) is 18.0. The minimum Gasteiger partial charge on any atom is -0.330 e. The molecule has 0 spiro atoms. The van der Waals surface area contributed by atoms with E-state index in [1.807, 2.05) is 18.2 Å². The maximum atomic E-state index is 12.7. The quantitative estimate of drug-likeness (QED) is 0.942. The van der Waals surface area contributed by atoms with Crippen molar-refractivity contribution >= 4 is 9.84 Å². The van der Waals surface area contributed by atoms with Gasteiger partial charge in [0.25, 0.3) is 0 Å². The van der Waals surface area contributed by atoms with Crippen LogP contribution < -0.4 is 5.73 Å². The van der Waals surface area contributed by atoms with E-state index in [0.29, 0.717) is 22.3 Å². The first-order chi connectivity index (χ1) is 10.6. The summed E-state index contributed by atoms with van der Waals surface area (Å²) in [6, 6.07) is 14.2. The Kier molecular flexibility index (Phi) is 4.32. The number of nitrogens with two attached hydrogens (primary N) is 1. The van der Waals surface area contributed by atoms with Crippen molar-refractivity contribution in [1.82, 2.24) is 0 Å². The van der Waals surface area contributed by atoms with E-state index < -0.39 is 9.84 Å². The summed E-state index contributed by atoms with van der Waals surface area (Å²) >= 11 is 0. The van der Waals surface area contributed by atoms with Gasteiger partial charge in [0.1, 0.15) is 0 Å². The first kappa shape index (κ1) is 15.3. The Balaban J connectivity index is 2.01. The second kappa shape index (κ2) is 6.23. The van der Waals surface area contributed by atoms with Gasteiger partial charge in [-0.1, -0.05) is 24.3 Å². The highest BCUT2D eigenvalue weighted by Crippen LogP contribution is 2.35. The van der Waals surface area contributed by atoms with Crippen molar-refractivity contribution in [1.29, 1.82) is 0 Å². The smallest absolute Gasteiger partial charge is 0.206 e. The molecule has 0 fully saturated rings. The van der Waals surface area contributed by atoms with Crippen LogP contribution in [0, 0.1) is 0 Å². The van der Waals surface area contributed by atoms with Crippen molar-refractivity contribution in [3.8, 4) is 0 Å². The Labute approximate surface area is 132 Å². The van der Waals surface area contributed by atoms with Crippen LogP contribution in [-0.4, -0.2) is 15.0 Å². The number of hydrogen-bond donors (Lipinski definition) is 1. The molecule has 0 saturated heterocycles. The summed E-state index contributed by atoms with van der Waals surface area (Å²) in [5, 5.41) is 0. The summed E-state index contributed by atoms with van der Waals surface area (Å²) in [7, 11) is -3.43. The summed E-state index contributed by atoms with van der Waals surface area (Å²) < 4.78 is 25.4. The predicted octanol–water partition coefficient (Wildman–Crippen LogP) is 3.29. The standard InChI is InChI=1S/C18H21NO2S/c19-12-11-14-5-4-6-15-13-17(9-10-18(14)15)22(20,21)16-7-2-1-3-8-16/h1-3,7-10,13-14H,4-6,11-12,19H2/t14-/m1/s1. The van der Waals surface area contributed by atoms with Gasteiger partial charge in [0.05, 0.1) is 9.79 Å². The van der Waals surface area contributed by atoms with E-state index in [-0.39, 0.29) is 0 Å². The van der Waals surface area contributed by atoms with Crippen molar-refractivity contribution in [3.63, 3.8) is 0 Å². The maximum absolute atomic E-state index is 12.7. The Hall–Kier alpha value is -1.65. The first-order valence-electron chi connectivity index (χ1n) is 7.76. The van der Waals surface area contributed by atoms with Gasteiger partial charge in [0, 0.05) is 0 Å². The molecule has 1 aliphatic carbocycles. The lowest BCUT2D eigenvalue weighted by atomic mass is 9.81. The van der Waals surface area contributed by atoms with Crippen LogP contribution in [0.15, 0.2) is 58.3 Å². The summed E-state index contributed by atoms with van der Waals surface area (Å²) in [6.45, 7) is 0.675. The van der Waals surface area contributed by atoms with E-state index in [1.165, 1.54) is 11.1 Å². The molecule has 1 aliphatic rings. The fourth-order valence-electron chi connectivity index (χ4n) is 3.30. The number of benzene rings is 2. The third kappa shape index (κ3) is 2.81. The van der Waals surface area contributed by atoms with Gasteiger partial charge in [-0.25, -0.2) is 8.42 Å². The third-order valence-electron chi connectivity index (χ3n) is 4.43. The Morgan fingerprint density at radius 2 is 1.82 bits per heavy atom. The SMILES string of the molecule is NCC[C@H]1CCCc2cc(S(=O)(=O)c3ccccc3)ccc21. The molecule has 3 rings (SSSR count). The molecule has 22 heavy (non-hydrogen) atoms. The fourth-order valence-corrected chi connectivity index (χ4v) is 4.63. The monoisotopic (exact) mass is 315 g/mol. The van der Waals surface area contributed by atoms with Crippen LogP contribution in [-0.2, 0) is 16.3 Å². The molecule has 0 bridgehead atoms. The van der Waals surface area contributed by atoms with E-state index in [1.54, 1.807) is 30.3 Å². The van der Waals surface area contributed by atoms with Crippen LogP contribution in [0.1, 0.15) is 36.3 Å². The highest BCUT2D eigenvalue weighted by Gasteiger charge is 2.23. The largest absolute Gasteiger partial charge is 0.330 e. The van der Waals surface area contributed by atoms with E-state index in [0.717, 1.165) is 25.7 Å². The number of sulfone groups is 1. The molecular formula is C18H21NO2S. The predicted molar refractivity (Wildman–Crippen MR) is 87.7 cm³/mol. The summed E-state index contributed by atoms with van der Waals surface area (Å²) in [5.41, 5.74) is 8.15. The fraction of sp³-hybridized carbons (Fsp3) is 0.333.